The molecule has 0 amide bonds. The molecule has 0 atom stereocenters. The Morgan fingerprint density at radius 3 is 2.61 bits per heavy atom. The summed E-state index contributed by atoms with van der Waals surface area (Å²) in [6.07, 6.45) is 5.17. The number of H-pyrrole nitrogens is 1. The Morgan fingerprint density at radius 1 is 1.09 bits per heavy atom. The van der Waals surface area contributed by atoms with Crippen LogP contribution >= 0.6 is 0 Å². The second-order valence-electron chi connectivity index (χ2n) is 6.15. The summed E-state index contributed by atoms with van der Waals surface area (Å²) in [5, 5.41) is 12.6. The number of aromatic nitrogens is 2. The van der Waals surface area contributed by atoms with Crippen LogP contribution in [0, 0.1) is 0 Å². The number of aromatic amines is 1. The number of fused-ring (bicyclic) bond motifs is 1. The molecule has 0 saturated heterocycles. The monoisotopic (exact) mass is 307 g/mol. The molecule has 0 unspecified atom stereocenters. The van der Waals surface area contributed by atoms with Crippen LogP contribution in [0.4, 0.5) is 5.69 Å². The number of ether oxygens (including phenoxy) is 1. The number of benzene rings is 2. The van der Waals surface area contributed by atoms with Crippen molar-refractivity contribution in [2.75, 3.05) is 12.4 Å². The molecule has 1 fully saturated rings. The molecule has 0 spiro atoms. The molecule has 0 bridgehead atoms. The number of rotatable bonds is 4. The van der Waals surface area contributed by atoms with Gasteiger partial charge in [-0.25, -0.2) is 0 Å². The molecule has 3 aromatic rings. The van der Waals surface area contributed by atoms with Gasteiger partial charge in [0.25, 0.3) is 0 Å². The van der Waals surface area contributed by atoms with Crippen LogP contribution in [0.3, 0.4) is 0 Å². The molecule has 1 saturated carbocycles. The Hall–Kier alpha value is -2.49. The van der Waals surface area contributed by atoms with Gasteiger partial charge in [-0.2, -0.15) is 5.10 Å². The summed E-state index contributed by atoms with van der Waals surface area (Å²) in [5.74, 6) is 0.859. The molecule has 23 heavy (non-hydrogen) atoms. The number of para-hydroxylation sites is 1. The summed E-state index contributed by atoms with van der Waals surface area (Å²) in [7, 11) is 1.68. The van der Waals surface area contributed by atoms with Crippen LogP contribution in [0.5, 0.6) is 5.75 Å². The minimum absolute atomic E-state index is 0.591. The van der Waals surface area contributed by atoms with Gasteiger partial charge in [0, 0.05) is 17.0 Å². The van der Waals surface area contributed by atoms with E-state index in [1.165, 1.54) is 25.7 Å². The van der Waals surface area contributed by atoms with Crippen molar-refractivity contribution in [1.29, 1.82) is 0 Å². The van der Waals surface area contributed by atoms with Crippen molar-refractivity contribution in [3.63, 3.8) is 0 Å². The third kappa shape index (κ3) is 2.65. The number of methoxy groups -OCH3 is 1. The highest BCUT2D eigenvalue weighted by Gasteiger charge is 2.17. The fourth-order valence-corrected chi connectivity index (χ4v) is 3.42. The quantitative estimate of drug-likeness (QED) is 0.741. The molecule has 118 valence electrons. The summed E-state index contributed by atoms with van der Waals surface area (Å²) in [5.41, 5.74) is 4.32. The Balaban J connectivity index is 1.71. The summed E-state index contributed by atoms with van der Waals surface area (Å²) < 4.78 is 5.23. The summed E-state index contributed by atoms with van der Waals surface area (Å²) >= 11 is 0. The summed E-state index contributed by atoms with van der Waals surface area (Å²) in [6, 6.07) is 15.0. The van der Waals surface area contributed by atoms with Gasteiger partial charge in [-0.15, -0.1) is 0 Å². The average Bonchev–Trinajstić information content (AvgIpc) is 3.25. The maximum absolute atomic E-state index is 5.23. The van der Waals surface area contributed by atoms with E-state index in [1.807, 2.05) is 24.3 Å². The third-order valence-electron chi connectivity index (χ3n) is 4.68. The normalized spacial score (nSPS) is 15.2. The minimum atomic E-state index is 0.591. The lowest BCUT2D eigenvalue weighted by atomic mass is 10.1. The van der Waals surface area contributed by atoms with E-state index in [9.17, 15) is 0 Å². The van der Waals surface area contributed by atoms with E-state index < -0.39 is 0 Å². The highest BCUT2D eigenvalue weighted by atomic mass is 16.5. The number of hydrogen-bond donors (Lipinski definition) is 2. The molecular formula is C19H21N3O. The molecule has 4 heteroatoms. The predicted molar refractivity (Wildman–Crippen MR) is 94.0 cm³/mol. The van der Waals surface area contributed by atoms with Crippen molar-refractivity contribution in [2.45, 2.75) is 31.7 Å². The predicted octanol–water partition coefficient (Wildman–Crippen LogP) is 4.59. The van der Waals surface area contributed by atoms with Crippen LogP contribution in [0.1, 0.15) is 25.7 Å². The summed E-state index contributed by atoms with van der Waals surface area (Å²) in [6.45, 7) is 0. The number of hydrogen-bond acceptors (Lipinski definition) is 3. The van der Waals surface area contributed by atoms with Crippen LogP contribution in [-0.2, 0) is 0 Å². The fraction of sp³-hybridized carbons (Fsp3) is 0.316. The van der Waals surface area contributed by atoms with E-state index in [0.717, 1.165) is 33.6 Å². The Bertz CT molecular complexity index is 801. The number of nitrogens with one attached hydrogen (secondary N) is 2. The molecule has 4 rings (SSSR count). The summed E-state index contributed by atoms with van der Waals surface area (Å²) in [4.78, 5) is 0. The maximum atomic E-state index is 5.23. The van der Waals surface area contributed by atoms with Gasteiger partial charge in [0.2, 0.25) is 0 Å². The zero-order chi connectivity index (χ0) is 15.6. The lowest BCUT2D eigenvalue weighted by Crippen LogP contribution is -2.14. The molecule has 2 N–H and O–H groups in total. The van der Waals surface area contributed by atoms with Gasteiger partial charge in [-0.1, -0.05) is 25.0 Å². The van der Waals surface area contributed by atoms with E-state index >= 15 is 0 Å². The first-order valence-electron chi connectivity index (χ1n) is 8.23. The number of nitrogens with zero attached hydrogens (tertiary/aromatic N) is 1. The Labute approximate surface area is 135 Å². The highest BCUT2D eigenvalue weighted by molar-refractivity contribution is 5.99. The van der Waals surface area contributed by atoms with E-state index in [0.29, 0.717) is 6.04 Å². The van der Waals surface area contributed by atoms with Crippen LogP contribution in [0.25, 0.3) is 22.2 Å². The van der Waals surface area contributed by atoms with Gasteiger partial charge >= 0.3 is 0 Å². The van der Waals surface area contributed by atoms with Crippen molar-refractivity contribution in [1.82, 2.24) is 10.2 Å². The van der Waals surface area contributed by atoms with Crippen LogP contribution in [-0.4, -0.2) is 23.3 Å². The van der Waals surface area contributed by atoms with Crippen LogP contribution in [0.15, 0.2) is 42.5 Å². The standard InChI is InChI=1S/C19H21N3O/c1-23-15-11-9-13(10-12-15)18-16-7-4-8-17(19(16)22-21-18)20-14-5-2-3-6-14/h4,7-12,14,20H,2-3,5-6H2,1H3,(H,21,22). The average molecular weight is 307 g/mol. The molecule has 1 heterocycles. The maximum Gasteiger partial charge on any atom is 0.118 e. The fourth-order valence-electron chi connectivity index (χ4n) is 3.42. The van der Waals surface area contributed by atoms with Crippen LogP contribution < -0.4 is 10.1 Å². The minimum Gasteiger partial charge on any atom is -0.497 e. The lowest BCUT2D eigenvalue weighted by molar-refractivity contribution is 0.415. The van der Waals surface area contributed by atoms with E-state index in [2.05, 4.69) is 33.7 Å². The SMILES string of the molecule is COc1ccc(-c2n[nH]c3c(NC4CCCC4)cccc23)cc1. The second-order valence-corrected chi connectivity index (χ2v) is 6.15. The van der Waals surface area contributed by atoms with Gasteiger partial charge < -0.3 is 10.1 Å². The van der Waals surface area contributed by atoms with Crippen molar-refractivity contribution in [3.05, 3.63) is 42.5 Å². The van der Waals surface area contributed by atoms with Gasteiger partial charge in [0.1, 0.15) is 5.75 Å². The Kier molecular flexibility index (Phi) is 3.66. The molecular weight excluding hydrogens is 286 g/mol. The van der Waals surface area contributed by atoms with Crippen molar-refractivity contribution < 1.29 is 4.74 Å². The second kappa shape index (κ2) is 5.95. The smallest absolute Gasteiger partial charge is 0.118 e. The molecule has 2 aromatic carbocycles. The largest absolute Gasteiger partial charge is 0.497 e. The molecule has 0 aliphatic heterocycles. The third-order valence-corrected chi connectivity index (χ3v) is 4.68. The van der Waals surface area contributed by atoms with E-state index in [4.69, 9.17) is 4.74 Å². The van der Waals surface area contributed by atoms with Crippen molar-refractivity contribution in [3.8, 4) is 17.0 Å². The van der Waals surface area contributed by atoms with E-state index in [-0.39, 0.29) is 0 Å². The van der Waals surface area contributed by atoms with Crippen molar-refractivity contribution in [2.24, 2.45) is 0 Å². The van der Waals surface area contributed by atoms with Crippen molar-refractivity contribution >= 4 is 16.6 Å². The van der Waals surface area contributed by atoms with Gasteiger partial charge in [0.15, 0.2) is 0 Å². The van der Waals surface area contributed by atoms with Gasteiger partial charge in [-0.05, 0) is 43.2 Å². The molecule has 4 nitrogen and oxygen atoms in total. The first-order chi connectivity index (χ1) is 11.3. The Morgan fingerprint density at radius 2 is 1.87 bits per heavy atom. The zero-order valence-electron chi connectivity index (χ0n) is 13.3. The van der Waals surface area contributed by atoms with Crippen LogP contribution in [0.2, 0.25) is 0 Å². The highest BCUT2D eigenvalue weighted by Crippen LogP contribution is 2.32. The number of anilines is 1. The molecule has 1 aliphatic carbocycles. The molecule has 0 radical (unpaired) electrons. The van der Waals surface area contributed by atoms with Gasteiger partial charge in [0.05, 0.1) is 24.0 Å². The topological polar surface area (TPSA) is 49.9 Å². The first kappa shape index (κ1) is 14.1. The molecule has 1 aromatic heterocycles. The zero-order valence-corrected chi connectivity index (χ0v) is 13.3. The van der Waals surface area contributed by atoms with Gasteiger partial charge in [-0.3, -0.25) is 5.10 Å². The lowest BCUT2D eigenvalue weighted by Gasteiger charge is -2.14. The first-order valence-corrected chi connectivity index (χ1v) is 8.23. The van der Waals surface area contributed by atoms with E-state index in [1.54, 1.807) is 7.11 Å². The molecule has 1 aliphatic rings.